The third-order valence-corrected chi connectivity index (χ3v) is 4.55. The second-order valence-electron chi connectivity index (χ2n) is 4.90. The number of benzene rings is 1. The molecule has 19 heavy (non-hydrogen) atoms. The summed E-state index contributed by atoms with van der Waals surface area (Å²) in [6.45, 7) is 5.87. The van der Waals surface area contributed by atoms with Gasteiger partial charge in [0.05, 0.1) is 11.1 Å². The molecule has 0 aliphatic rings. The summed E-state index contributed by atoms with van der Waals surface area (Å²) < 4.78 is 0.797. The van der Waals surface area contributed by atoms with Crippen LogP contribution in [-0.2, 0) is 5.54 Å². The first kappa shape index (κ1) is 14.2. The first-order valence-corrected chi connectivity index (χ1v) is 7.56. The lowest BCUT2D eigenvalue weighted by atomic mass is 10.0. The number of carbonyl (C=O) groups is 1. The van der Waals surface area contributed by atoms with Gasteiger partial charge in [-0.05, 0) is 48.8 Å². The molecule has 1 heterocycles. The van der Waals surface area contributed by atoms with Crippen LogP contribution in [0.15, 0.2) is 34.2 Å². The molecule has 0 unspecified atom stereocenters. The highest BCUT2D eigenvalue weighted by Crippen LogP contribution is 2.24. The van der Waals surface area contributed by atoms with Gasteiger partial charge in [-0.3, -0.25) is 4.79 Å². The van der Waals surface area contributed by atoms with Crippen molar-refractivity contribution in [3.05, 3.63) is 50.4 Å². The van der Waals surface area contributed by atoms with E-state index in [2.05, 4.69) is 26.2 Å². The molecule has 0 aliphatic carbocycles. The Bertz CT molecular complexity index is 593. The average molecular weight is 339 g/mol. The van der Waals surface area contributed by atoms with Crippen molar-refractivity contribution in [1.82, 2.24) is 10.3 Å². The van der Waals surface area contributed by atoms with Crippen LogP contribution in [0.25, 0.3) is 0 Å². The van der Waals surface area contributed by atoms with Crippen molar-refractivity contribution in [3.63, 3.8) is 0 Å². The van der Waals surface area contributed by atoms with Gasteiger partial charge in [0.2, 0.25) is 0 Å². The zero-order valence-electron chi connectivity index (χ0n) is 11.0. The summed E-state index contributed by atoms with van der Waals surface area (Å²) in [6.07, 6.45) is 1.75. The first-order chi connectivity index (χ1) is 8.90. The van der Waals surface area contributed by atoms with E-state index in [0.717, 1.165) is 15.0 Å². The van der Waals surface area contributed by atoms with Crippen LogP contribution in [0, 0.1) is 6.92 Å². The minimum Gasteiger partial charge on any atom is -0.341 e. The minimum absolute atomic E-state index is 0.101. The largest absolute Gasteiger partial charge is 0.341 e. The lowest BCUT2D eigenvalue weighted by Crippen LogP contribution is -2.41. The molecule has 0 saturated carbocycles. The van der Waals surface area contributed by atoms with Crippen LogP contribution in [0.4, 0.5) is 0 Å². The summed E-state index contributed by atoms with van der Waals surface area (Å²) in [5.74, 6) is -0.101. The average Bonchev–Trinajstić information content (AvgIpc) is 2.86. The van der Waals surface area contributed by atoms with Crippen LogP contribution in [0.3, 0.4) is 0 Å². The minimum atomic E-state index is -0.478. The fourth-order valence-electron chi connectivity index (χ4n) is 1.75. The van der Waals surface area contributed by atoms with E-state index >= 15 is 0 Å². The van der Waals surface area contributed by atoms with Gasteiger partial charge >= 0.3 is 0 Å². The molecule has 1 aromatic heterocycles. The van der Waals surface area contributed by atoms with Crippen LogP contribution in [-0.4, -0.2) is 10.9 Å². The molecule has 1 amide bonds. The molecule has 2 aromatic rings. The predicted octanol–water partition coefficient (Wildman–Crippen LogP) is 3.88. The van der Waals surface area contributed by atoms with Crippen molar-refractivity contribution in [1.29, 1.82) is 0 Å². The highest BCUT2D eigenvalue weighted by Gasteiger charge is 2.26. The number of halogens is 1. The number of aromatic nitrogens is 1. The maximum absolute atomic E-state index is 12.4. The van der Waals surface area contributed by atoms with E-state index in [1.165, 1.54) is 11.3 Å². The number of nitrogens with zero attached hydrogens (tertiary/aromatic N) is 1. The Labute approximate surface area is 125 Å². The number of rotatable bonds is 3. The van der Waals surface area contributed by atoms with Gasteiger partial charge in [0.15, 0.2) is 0 Å². The molecule has 1 aromatic carbocycles. The number of nitrogens with one attached hydrogen (secondary N) is 1. The van der Waals surface area contributed by atoms with Gasteiger partial charge in [-0.2, -0.15) is 0 Å². The zero-order valence-corrected chi connectivity index (χ0v) is 13.4. The van der Waals surface area contributed by atoms with Gasteiger partial charge in [0, 0.05) is 16.0 Å². The second-order valence-corrected chi connectivity index (χ2v) is 6.65. The highest BCUT2D eigenvalue weighted by molar-refractivity contribution is 9.10. The van der Waals surface area contributed by atoms with Gasteiger partial charge in [-0.15, -0.1) is 11.3 Å². The SMILES string of the molecule is Cc1ccc(Br)c(C(=O)NC(C)(C)c2nccs2)c1. The van der Waals surface area contributed by atoms with Crippen molar-refractivity contribution in [2.45, 2.75) is 26.3 Å². The summed E-state index contributed by atoms with van der Waals surface area (Å²) in [5.41, 5.74) is 1.22. The molecule has 0 fully saturated rings. The van der Waals surface area contributed by atoms with Gasteiger partial charge in [0.1, 0.15) is 5.01 Å². The molecule has 0 atom stereocenters. The summed E-state index contributed by atoms with van der Waals surface area (Å²) >= 11 is 4.95. The number of amides is 1. The van der Waals surface area contributed by atoms with Crippen molar-refractivity contribution in [2.75, 3.05) is 0 Å². The Morgan fingerprint density at radius 3 is 2.79 bits per heavy atom. The summed E-state index contributed by atoms with van der Waals surface area (Å²) in [4.78, 5) is 16.6. The Kier molecular flexibility index (Phi) is 4.06. The van der Waals surface area contributed by atoms with E-state index in [-0.39, 0.29) is 5.91 Å². The van der Waals surface area contributed by atoms with Gasteiger partial charge in [-0.1, -0.05) is 11.6 Å². The number of aryl methyl sites for hydroxylation is 1. The van der Waals surface area contributed by atoms with E-state index in [4.69, 9.17) is 0 Å². The fourth-order valence-corrected chi connectivity index (χ4v) is 2.89. The van der Waals surface area contributed by atoms with Crippen molar-refractivity contribution < 1.29 is 4.79 Å². The van der Waals surface area contributed by atoms with E-state index in [1.54, 1.807) is 6.20 Å². The molecule has 0 aliphatic heterocycles. The van der Waals surface area contributed by atoms with Crippen LogP contribution < -0.4 is 5.32 Å². The second kappa shape index (κ2) is 5.43. The molecule has 1 N–H and O–H groups in total. The summed E-state index contributed by atoms with van der Waals surface area (Å²) in [7, 11) is 0. The van der Waals surface area contributed by atoms with E-state index in [9.17, 15) is 4.79 Å². The summed E-state index contributed by atoms with van der Waals surface area (Å²) in [6, 6.07) is 5.73. The first-order valence-electron chi connectivity index (χ1n) is 5.89. The quantitative estimate of drug-likeness (QED) is 0.922. The van der Waals surface area contributed by atoms with Crippen LogP contribution >= 0.6 is 27.3 Å². The van der Waals surface area contributed by atoms with Crippen LogP contribution in [0.5, 0.6) is 0 Å². The van der Waals surface area contributed by atoms with Gasteiger partial charge in [0.25, 0.3) is 5.91 Å². The highest BCUT2D eigenvalue weighted by atomic mass is 79.9. The van der Waals surface area contributed by atoms with Crippen molar-refractivity contribution >= 4 is 33.2 Å². The maximum atomic E-state index is 12.4. The number of thiazole rings is 1. The molecule has 0 radical (unpaired) electrons. The normalized spacial score (nSPS) is 11.4. The third-order valence-electron chi connectivity index (χ3n) is 2.76. The molecule has 0 bridgehead atoms. The molecule has 0 spiro atoms. The zero-order chi connectivity index (χ0) is 14.0. The Balaban J connectivity index is 2.24. The molecule has 5 heteroatoms. The molecular weight excluding hydrogens is 324 g/mol. The van der Waals surface area contributed by atoms with Crippen LogP contribution in [0.1, 0.15) is 34.8 Å². The van der Waals surface area contributed by atoms with Gasteiger partial charge < -0.3 is 5.32 Å². The molecule has 0 saturated heterocycles. The number of carbonyl (C=O) groups excluding carboxylic acids is 1. The molecule has 3 nitrogen and oxygen atoms in total. The molecule has 2 rings (SSSR count). The predicted molar refractivity (Wildman–Crippen MR) is 81.5 cm³/mol. The number of hydrogen-bond donors (Lipinski definition) is 1. The van der Waals surface area contributed by atoms with E-state index in [1.807, 2.05) is 44.4 Å². The Morgan fingerprint density at radius 1 is 1.42 bits per heavy atom. The smallest absolute Gasteiger partial charge is 0.253 e. The standard InChI is InChI=1S/C14H15BrN2OS/c1-9-4-5-11(15)10(8-9)12(18)17-14(2,3)13-16-6-7-19-13/h4-8H,1-3H3,(H,17,18). The lowest BCUT2D eigenvalue weighted by molar-refractivity contribution is 0.0911. The van der Waals surface area contributed by atoms with Crippen molar-refractivity contribution in [3.8, 4) is 0 Å². The third kappa shape index (κ3) is 3.22. The molecule has 100 valence electrons. The summed E-state index contributed by atoms with van der Waals surface area (Å²) in [5, 5.41) is 5.82. The lowest BCUT2D eigenvalue weighted by Gasteiger charge is -2.24. The van der Waals surface area contributed by atoms with E-state index < -0.39 is 5.54 Å². The maximum Gasteiger partial charge on any atom is 0.253 e. The molecular formula is C14H15BrN2OS. The Morgan fingerprint density at radius 2 is 2.16 bits per heavy atom. The van der Waals surface area contributed by atoms with Gasteiger partial charge in [-0.25, -0.2) is 4.98 Å². The Hall–Kier alpha value is -1.20. The topological polar surface area (TPSA) is 42.0 Å². The van der Waals surface area contributed by atoms with E-state index in [0.29, 0.717) is 5.56 Å². The monoisotopic (exact) mass is 338 g/mol. The van der Waals surface area contributed by atoms with Crippen molar-refractivity contribution in [2.24, 2.45) is 0 Å². The van der Waals surface area contributed by atoms with Crippen LogP contribution in [0.2, 0.25) is 0 Å². The fraction of sp³-hybridized carbons (Fsp3) is 0.286. The number of hydrogen-bond acceptors (Lipinski definition) is 3.